The fraction of sp³-hybridized carbons (Fsp3) is 0.853. The number of allylic oxidation sites excluding steroid dienone is 3. The Kier molecular flexibility index (Phi) is 38.1. The third-order valence-electron chi connectivity index (χ3n) is 6.69. The molecule has 1 N–H and O–H groups in total. The SMILES string of the molecule is CCCCCCCC/C=C/CCCCO.CCCCCCCCCCCCCCC/C=C\COC(C)=O. The smallest absolute Gasteiger partial charge is 0.302 e. The molecule has 0 aromatic carbocycles. The number of hydrogen-bond acceptors (Lipinski definition) is 3. The molecule has 0 aliphatic heterocycles. The highest BCUT2D eigenvalue weighted by Crippen LogP contribution is 2.13. The number of aliphatic hydroxyl groups is 1. The quantitative estimate of drug-likeness (QED) is 0.0662. The summed E-state index contributed by atoms with van der Waals surface area (Å²) >= 11 is 0. The molecule has 0 aliphatic rings. The molecule has 0 aromatic rings. The second-order valence-electron chi connectivity index (χ2n) is 10.6. The molecule has 0 heterocycles. The molecule has 0 bridgehead atoms. The van der Waals surface area contributed by atoms with Gasteiger partial charge in [0, 0.05) is 13.5 Å². The van der Waals surface area contributed by atoms with Crippen LogP contribution in [-0.4, -0.2) is 24.3 Å². The van der Waals surface area contributed by atoms with E-state index in [0.29, 0.717) is 13.2 Å². The van der Waals surface area contributed by atoms with Gasteiger partial charge in [0.2, 0.25) is 0 Å². The van der Waals surface area contributed by atoms with Crippen LogP contribution in [0, 0.1) is 0 Å². The molecule has 0 aromatic heterocycles. The number of ether oxygens (including phenoxy) is 1. The summed E-state index contributed by atoms with van der Waals surface area (Å²) in [4.78, 5) is 10.5. The van der Waals surface area contributed by atoms with Gasteiger partial charge in [-0.15, -0.1) is 0 Å². The van der Waals surface area contributed by atoms with Crippen molar-refractivity contribution in [3.63, 3.8) is 0 Å². The third-order valence-corrected chi connectivity index (χ3v) is 6.69. The van der Waals surface area contributed by atoms with E-state index in [4.69, 9.17) is 9.84 Å². The van der Waals surface area contributed by atoms with Crippen LogP contribution in [0.3, 0.4) is 0 Å². The van der Waals surface area contributed by atoms with E-state index < -0.39 is 0 Å². The van der Waals surface area contributed by atoms with Crippen molar-refractivity contribution in [1.29, 1.82) is 0 Å². The third kappa shape index (κ3) is 42.3. The summed E-state index contributed by atoms with van der Waals surface area (Å²) in [7, 11) is 0. The first-order chi connectivity index (χ1) is 18.2. The van der Waals surface area contributed by atoms with E-state index in [0.717, 1.165) is 25.7 Å². The second kappa shape index (κ2) is 37.1. The first kappa shape index (κ1) is 38.1. The number of rotatable bonds is 27. The average molecular weight is 523 g/mol. The van der Waals surface area contributed by atoms with E-state index in [9.17, 15) is 4.79 Å². The minimum atomic E-state index is -0.203. The Labute approximate surface area is 232 Å². The predicted octanol–water partition coefficient (Wildman–Crippen LogP) is 11.0. The second-order valence-corrected chi connectivity index (χ2v) is 10.6. The summed E-state index contributed by atoms with van der Waals surface area (Å²) in [5, 5.41) is 8.59. The molecule has 0 saturated heterocycles. The van der Waals surface area contributed by atoms with Crippen LogP contribution in [0.2, 0.25) is 0 Å². The van der Waals surface area contributed by atoms with Gasteiger partial charge in [0.05, 0.1) is 0 Å². The Balaban J connectivity index is 0. The molecule has 3 nitrogen and oxygen atoms in total. The van der Waals surface area contributed by atoms with Crippen molar-refractivity contribution in [1.82, 2.24) is 0 Å². The topological polar surface area (TPSA) is 46.5 Å². The summed E-state index contributed by atoms with van der Waals surface area (Å²) < 4.78 is 4.84. The average Bonchev–Trinajstić information content (AvgIpc) is 2.89. The summed E-state index contributed by atoms with van der Waals surface area (Å²) in [5.41, 5.74) is 0. The van der Waals surface area contributed by atoms with Crippen LogP contribution in [0.15, 0.2) is 24.3 Å². The highest BCUT2D eigenvalue weighted by molar-refractivity contribution is 5.65. The molecule has 37 heavy (non-hydrogen) atoms. The molecular weight excluding hydrogens is 456 g/mol. The van der Waals surface area contributed by atoms with E-state index in [1.54, 1.807) is 0 Å². The minimum Gasteiger partial charge on any atom is -0.462 e. The fourth-order valence-electron chi connectivity index (χ4n) is 4.28. The van der Waals surface area contributed by atoms with Crippen LogP contribution in [0.4, 0.5) is 0 Å². The zero-order valence-electron chi connectivity index (χ0n) is 25.5. The van der Waals surface area contributed by atoms with Gasteiger partial charge in [-0.2, -0.15) is 0 Å². The predicted molar refractivity (Wildman–Crippen MR) is 164 cm³/mol. The van der Waals surface area contributed by atoms with E-state index in [-0.39, 0.29) is 5.97 Å². The lowest BCUT2D eigenvalue weighted by molar-refractivity contribution is -0.139. The van der Waals surface area contributed by atoms with E-state index in [2.05, 4.69) is 32.1 Å². The van der Waals surface area contributed by atoms with Crippen LogP contribution >= 0.6 is 0 Å². The number of carbonyl (C=O) groups is 1. The summed E-state index contributed by atoms with van der Waals surface area (Å²) in [6.07, 6.45) is 40.7. The van der Waals surface area contributed by atoms with Crippen LogP contribution in [-0.2, 0) is 9.53 Å². The number of carbonyl (C=O) groups excluding carboxylic acids is 1. The van der Waals surface area contributed by atoms with E-state index >= 15 is 0 Å². The van der Waals surface area contributed by atoms with Crippen LogP contribution in [0.1, 0.15) is 175 Å². The highest BCUT2D eigenvalue weighted by atomic mass is 16.5. The fourth-order valence-corrected chi connectivity index (χ4v) is 4.28. The van der Waals surface area contributed by atoms with Crippen LogP contribution in [0.5, 0.6) is 0 Å². The molecule has 0 radical (unpaired) electrons. The molecule has 0 unspecified atom stereocenters. The largest absolute Gasteiger partial charge is 0.462 e. The van der Waals surface area contributed by atoms with Gasteiger partial charge < -0.3 is 9.84 Å². The summed E-state index contributed by atoms with van der Waals surface area (Å²) in [6.45, 7) is 6.74. The maximum absolute atomic E-state index is 10.5. The summed E-state index contributed by atoms with van der Waals surface area (Å²) in [6, 6.07) is 0. The molecular formula is C34H66O3. The van der Waals surface area contributed by atoms with Crippen LogP contribution in [0.25, 0.3) is 0 Å². The first-order valence-corrected chi connectivity index (χ1v) is 16.2. The molecule has 3 heteroatoms. The summed E-state index contributed by atoms with van der Waals surface area (Å²) in [5.74, 6) is -0.203. The minimum absolute atomic E-state index is 0.203. The lowest BCUT2D eigenvalue weighted by Crippen LogP contribution is -1.97. The first-order valence-electron chi connectivity index (χ1n) is 16.2. The normalized spacial score (nSPS) is 11.2. The van der Waals surface area contributed by atoms with Crippen LogP contribution < -0.4 is 0 Å². The van der Waals surface area contributed by atoms with E-state index in [1.165, 1.54) is 135 Å². The van der Waals surface area contributed by atoms with Crippen molar-refractivity contribution in [2.75, 3.05) is 13.2 Å². The molecule has 0 spiro atoms. The van der Waals surface area contributed by atoms with Gasteiger partial charge >= 0.3 is 5.97 Å². The van der Waals surface area contributed by atoms with Gasteiger partial charge in [-0.25, -0.2) is 0 Å². The number of unbranched alkanes of at least 4 members (excludes halogenated alkanes) is 21. The molecule has 0 saturated carbocycles. The monoisotopic (exact) mass is 523 g/mol. The molecule has 0 aliphatic carbocycles. The molecule has 0 atom stereocenters. The number of hydrogen-bond donors (Lipinski definition) is 1. The van der Waals surface area contributed by atoms with Gasteiger partial charge in [0.25, 0.3) is 0 Å². The standard InChI is InChI=1S/C20H38O2.C14H28O/c1-3-4-5-6-7-8-9-10-11-12-13-14-15-16-17-18-19-22-20(2)21;1-2-3-4-5-6-7-8-9-10-11-12-13-14-15/h17-18H,3-16,19H2,1-2H3;9-10,15H,2-8,11-14H2,1H3/b18-17-;10-9+. The molecule has 0 fully saturated rings. The Morgan fingerprint density at radius 3 is 1.19 bits per heavy atom. The Bertz CT molecular complexity index is 470. The number of esters is 1. The molecule has 220 valence electrons. The lowest BCUT2D eigenvalue weighted by Gasteiger charge is -2.02. The Morgan fingerprint density at radius 1 is 0.514 bits per heavy atom. The van der Waals surface area contributed by atoms with Gasteiger partial charge in [-0.1, -0.05) is 147 Å². The van der Waals surface area contributed by atoms with Gasteiger partial charge in [-0.05, 0) is 44.9 Å². The maximum Gasteiger partial charge on any atom is 0.302 e. The molecule has 0 amide bonds. The Hall–Kier alpha value is -1.09. The van der Waals surface area contributed by atoms with Crippen molar-refractivity contribution in [2.24, 2.45) is 0 Å². The lowest BCUT2D eigenvalue weighted by atomic mass is 10.0. The van der Waals surface area contributed by atoms with Gasteiger partial charge in [0.15, 0.2) is 0 Å². The van der Waals surface area contributed by atoms with Gasteiger partial charge in [0.1, 0.15) is 6.61 Å². The zero-order chi connectivity index (χ0) is 27.5. The number of aliphatic hydroxyl groups excluding tert-OH is 1. The van der Waals surface area contributed by atoms with Crippen molar-refractivity contribution in [3.8, 4) is 0 Å². The van der Waals surface area contributed by atoms with Crippen molar-refractivity contribution >= 4 is 5.97 Å². The zero-order valence-corrected chi connectivity index (χ0v) is 25.5. The highest BCUT2D eigenvalue weighted by Gasteiger charge is 1.94. The van der Waals surface area contributed by atoms with Gasteiger partial charge in [-0.3, -0.25) is 4.79 Å². The van der Waals surface area contributed by atoms with E-state index in [1.807, 2.05) is 6.08 Å². The van der Waals surface area contributed by atoms with Crippen molar-refractivity contribution < 1.29 is 14.6 Å². The molecule has 0 rings (SSSR count). The Morgan fingerprint density at radius 2 is 0.838 bits per heavy atom. The van der Waals surface area contributed by atoms with Crippen molar-refractivity contribution in [3.05, 3.63) is 24.3 Å². The maximum atomic E-state index is 10.5. The van der Waals surface area contributed by atoms with Crippen molar-refractivity contribution in [2.45, 2.75) is 175 Å².